The van der Waals surface area contributed by atoms with Gasteiger partial charge >= 0.3 is 0 Å². The summed E-state index contributed by atoms with van der Waals surface area (Å²) in [6.07, 6.45) is 6.62. The Hall–Kier alpha value is -0.110. The maximum atomic E-state index is 11.5. The molecule has 0 saturated carbocycles. The van der Waals surface area contributed by atoms with Gasteiger partial charge in [0.15, 0.2) is 0 Å². The first-order valence-corrected chi connectivity index (χ1v) is 5.18. The first-order chi connectivity index (χ1) is 4.83. The molecule has 2 heteroatoms. The van der Waals surface area contributed by atoms with Gasteiger partial charge in [-0.2, -0.15) is 0 Å². The van der Waals surface area contributed by atoms with Gasteiger partial charge in [0.05, 0.1) is 5.25 Å². The van der Waals surface area contributed by atoms with Gasteiger partial charge in [-0.25, -0.2) is 0 Å². The molecule has 1 aliphatic heterocycles. The van der Waals surface area contributed by atoms with Crippen LogP contribution in [0.3, 0.4) is 0 Å². The monoisotopic (exact) mass is 156 g/mol. The summed E-state index contributed by atoms with van der Waals surface area (Å²) in [6.45, 7) is 2.14. The zero-order chi connectivity index (χ0) is 7.14. The van der Waals surface area contributed by atoms with Crippen LogP contribution < -0.4 is 0 Å². The smallest absolute Gasteiger partial charge is 0.0536 e. The summed E-state index contributed by atoms with van der Waals surface area (Å²) in [6, 6.07) is 0. The highest BCUT2D eigenvalue weighted by Gasteiger charge is 2.40. The molecule has 56 valence electrons. The summed E-state index contributed by atoms with van der Waals surface area (Å²) < 4.78 is 11.5. The zero-order valence-corrected chi connectivity index (χ0v) is 6.93. The summed E-state index contributed by atoms with van der Waals surface area (Å²) in [5, 5.41) is 0.893. The molecule has 0 aromatic rings. The van der Waals surface area contributed by atoms with Crippen LogP contribution in [0.2, 0.25) is 0 Å². The van der Waals surface area contributed by atoms with Crippen molar-refractivity contribution < 1.29 is 4.21 Å². The Morgan fingerprint density at radius 1 is 1.60 bits per heavy atom. The number of allylic oxidation sites excluding steroid dienone is 1. The lowest BCUT2D eigenvalue weighted by molar-refractivity contribution is 0.609. The lowest BCUT2D eigenvalue weighted by Crippen LogP contribution is -2.19. The second kappa shape index (κ2) is 2.19. The molecule has 2 aliphatic rings. The molecule has 0 aromatic heterocycles. The van der Waals surface area contributed by atoms with Crippen molar-refractivity contribution in [3.63, 3.8) is 0 Å². The topological polar surface area (TPSA) is 17.1 Å². The van der Waals surface area contributed by atoms with Crippen molar-refractivity contribution in [1.82, 2.24) is 0 Å². The van der Waals surface area contributed by atoms with Gasteiger partial charge in [0, 0.05) is 16.0 Å². The summed E-state index contributed by atoms with van der Waals surface area (Å²) in [7, 11) is -0.535. The lowest BCUT2D eigenvalue weighted by atomic mass is 10.0. The maximum absolute atomic E-state index is 11.5. The van der Waals surface area contributed by atoms with Gasteiger partial charge in [-0.1, -0.05) is 19.1 Å². The van der Waals surface area contributed by atoms with Crippen LogP contribution in [-0.4, -0.2) is 14.7 Å². The highest BCUT2D eigenvalue weighted by molar-refractivity contribution is 7.86. The van der Waals surface area contributed by atoms with E-state index < -0.39 is 10.8 Å². The van der Waals surface area contributed by atoms with E-state index in [2.05, 4.69) is 19.1 Å². The molecule has 0 aromatic carbocycles. The van der Waals surface area contributed by atoms with E-state index in [-0.39, 0.29) is 0 Å². The Bertz CT molecular complexity index is 197. The Morgan fingerprint density at radius 2 is 2.40 bits per heavy atom. The first-order valence-electron chi connectivity index (χ1n) is 3.90. The van der Waals surface area contributed by atoms with Crippen LogP contribution in [0.1, 0.15) is 19.8 Å². The fourth-order valence-corrected chi connectivity index (χ4v) is 3.99. The van der Waals surface area contributed by atoms with E-state index in [9.17, 15) is 4.21 Å². The van der Waals surface area contributed by atoms with Gasteiger partial charge in [-0.15, -0.1) is 0 Å². The predicted molar refractivity (Wildman–Crippen MR) is 43.3 cm³/mol. The molecule has 0 spiro atoms. The van der Waals surface area contributed by atoms with E-state index >= 15 is 0 Å². The molecule has 4 atom stereocenters. The number of rotatable bonds is 1. The predicted octanol–water partition coefficient (Wildman–Crippen LogP) is 1.47. The maximum Gasteiger partial charge on any atom is 0.0536 e. The van der Waals surface area contributed by atoms with Gasteiger partial charge in [0.25, 0.3) is 0 Å². The van der Waals surface area contributed by atoms with Crippen LogP contribution in [0.25, 0.3) is 0 Å². The molecule has 2 rings (SSSR count). The summed E-state index contributed by atoms with van der Waals surface area (Å²) >= 11 is 0. The molecule has 0 N–H and O–H groups in total. The minimum atomic E-state index is -0.535. The third-order valence-electron chi connectivity index (χ3n) is 2.55. The largest absolute Gasteiger partial charge is 0.259 e. The van der Waals surface area contributed by atoms with E-state index in [1.165, 1.54) is 0 Å². The summed E-state index contributed by atoms with van der Waals surface area (Å²) in [5.74, 6) is 0.649. The van der Waals surface area contributed by atoms with E-state index in [0.29, 0.717) is 16.4 Å². The highest BCUT2D eigenvalue weighted by atomic mass is 32.2. The molecule has 1 saturated heterocycles. The number of hydrogen-bond donors (Lipinski definition) is 0. The fourth-order valence-electron chi connectivity index (χ4n) is 2.00. The molecule has 1 unspecified atom stereocenters. The van der Waals surface area contributed by atoms with Crippen molar-refractivity contribution in [3.8, 4) is 0 Å². The Morgan fingerprint density at radius 3 is 2.80 bits per heavy atom. The van der Waals surface area contributed by atoms with Crippen molar-refractivity contribution in [2.45, 2.75) is 30.3 Å². The minimum absolute atomic E-state index is 0.412. The highest BCUT2D eigenvalue weighted by Crippen LogP contribution is 2.38. The minimum Gasteiger partial charge on any atom is -0.259 e. The molecule has 10 heavy (non-hydrogen) atoms. The summed E-state index contributed by atoms with van der Waals surface area (Å²) in [5.41, 5.74) is 0. The van der Waals surface area contributed by atoms with Gasteiger partial charge in [0.2, 0.25) is 0 Å². The van der Waals surface area contributed by atoms with Crippen molar-refractivity contribution in [2.24, 2.45) is 5.92 Å². The average Bonchev–Trinajstić information content (AvgIpc) is 2.46. The third-order valence-corrected chi connectivity index (χ3v) is 4.78. The van der Waals surface area contributed by atoms with E-state index in [0.717, 1.165) is 12.8 Å². The normalized spacial score (nSPS) is 50.5. The average molecular weight is 156 g/mol. The molecule has 2 bridgehead atoms. The number of hydrogen-bond acceptors (Lipinski definition) is 1. The van der Waals surface area contributed by atoms with Gasteiger partial charge in [0.1, 0.15) is 0 Å². The van der Waals surface area contributed by atoms with Crippen molar-refractivity contribution >= 4 is 10.8 Å². The molecule has 1 aliphatic carbocycles. The summed E-state index contributed by atoms with van der Waals surface area (Å²) in [4.78, 5) is 0. The van der Waals surface area contributed by atoms with Gasteiger partial charge < -0.3 is 0 Å². The van der Waals surface area contributed by atoms with Gasteiger partial charge in [-0.3, -0.25) is 4.21 Å². The van der Waals surface area contributed by atoms with E-state index in [1.54, 1.807) is 0 Å². The van der Waals surface area contributed by atoms with Crippen LogP contribution in [0.4, 0.5) is 0 Å². The quantitative estimate of drug-likeness (QED) is 0.525. The van der Waals surface area contributed by atoms with Crippen LogP contribution in [0, 0.1) is 5.92 Å². The molecular weight excluding hydrogens is 144 g/mol. The van der Waals surface area contributed by atoms with Crippen LogP contribution in [-0.2, 0) is 10.8 Å². The Kier molecular flexibility index (Phi) is 1.44. The van der Waals surface area contributed by atoms with Crippen molar-refractivity contribution in [2.75, 3.05) is 0 Å². The van der Waals surface area contributed by atoms with E-state index in [4.69, 9.17) is 0 Å². The van der Waals surface area contributed by atoms with Crippen LogP contribution >= 0.6 is 0 Å². The van der Waals surface area contributed by atoms with Crippen LogP contribution in [0.5, 0.6) is 0 Å². The van der Waals surface area contributed by atoms with Crippen molar-refractivity contribution in [3.05, 3.63) is 12.2 Å². The molecule has 0 amide bonds. The molecule has 1 fully saturated rings. The van der Waals surface area contributed by atoms with Crippen molar-refractivity contribution in [1.29, 1.82) is 0 Å². The SMILES string of the molecule is CC[C@@H]1[C@H]2C=C[C@H](C2)S1=O. The molecule has 0 radical (unpaired) electrons. The second-order valence-corrected chi connectivity index (χ2v) is 4.97. The third kappa shape index (κ3) is 0.715. The van der Waals surface area contributed by atoms with Crippen LogP contribution in [0.15, 0.2) is 12.2 Å². The van der Waals surface area contributed by atoms with Gasteiger partial charge in [-0.05, 0) is 18.8 Å². The molecule has 1 nitrogen and oxygen atoms in total. The Labute approximate surface area is 64.0 Å². The number of fused-ring (bicyclic) bond motifs is 2. The fraction of sp³-hybridized carbons (Fsp3) is 0.750. The second-order valence-electron chi connectivity index (χ2n) is 3.10. The zero-order valence-electron chi connectivity index (χ0n) is 6.12. The Balaban J connectivity index is 2.26. The molecular formula is C8H12OS. The lowest BCUT2D eigenvalue weighted by Gasteiger charge is -2.14. The first kappa shape index (κ1) is 6.59. The standard InChI is InChI=1S/C8H12OS/c1-2-8-6-3-4-7(5-6)10(8)9/h3-4,6-8H,2,5H2,1H3/t6-,7+,8+,10?/m0/s1. The molecule has 1 heterocycles. The van der Waals surface area contributed by atoms with E-state index in [1.807, 2.05) is 0 Å².